The highest BCUT2D eigenvalue weighted by Crippen LogP contribution is 2.05. The minimum Gasteiger partial charge on any atom is -0.393 e. The van der Waals surface area contributed by atoms with E-state index < -0.39 is 18.2 Å². The summed E-state index contributed by atoms with van der Waals surface area (Å²) >= 11 is 0. The molecule has 5 N–H and O–H groups in total. The van der Waals surface area contributed by atoms with Crippen LogP contribution in [0.2, 0.25) is 0 Å². The van der Waals surface area contributed by atoms with Crippen LogP contribution in [-0.4, -0.2) is 35.7 Å². The summed E-state index contributed by atoms with van der Waals surface area (Å²) in [6.45, 7) is 6.19. The molecule has 0 aliphatic heterocycles. The number of hydrogen-bond donors (Lipinski definition) is 4. The molecule has 0 bridgehead atoms. The van der Waals surface area contributed by atoms with Crippen LogP contribution >= 0.6 is 0 Å². The van der Waals surface area contributed by atoms with Crippen molar-refractivity contribution in [2.24, 2.45) is 11.7 Å². The molecule has 0 heterocycles. The van der Waals surface area contributed by atoms with Crippen LogP contribution in [0.15, 0.2) is 0 Å². The summed E-state index contributed by atoms with van der Waals surface area (Å²) < 4.78 is 0. The number of carbonyl (C=O) groups excluding carboxylic acids is 2. The number of aliphatic hydroxyl groups excluding tert-OH is 1. The van der Waals surface area contributed by atoms with Crippen molar-refractivity contribution in [3.8, 4) is 0 Å². The minimum absolute atomic E-state index is 0.259. The van der Waals surface area contributed by atoms with Crippen LogP contribution in [-0.2, 0) is 4.79 Å². The fourth-order valence-electron chi connectivity index (χ4n) is 1.56. The van der Waals surface area contributed by atoms with E-state index in [2.05, 4.69) is 10.6 Å². The number of nitrogens with two attached hydrogens (primary N) is 1. The van der Waals surface area contributed by atoms with Crippen LogP contribution in [0.1, 0.15) is 40.0 Å². The van der Waals surface area contributed by atoms with Crippen LogP contribution in [0.3, 0.4) is 0 Å². The number of urea groups is 1. The van der Waals surface area contributed by atoms with Crippen molar-refractivity contribution in [2.75, 3.05) is 6.54 Å². The summed E-state index contributed by atoms with van der Waals surface area (Å²) in [5.41, 5.74) is 5.04. The maximum Gasteiger partial charge on any atom is 0.312 e. The first-order valence-electron chi connectivity index (χ1n) is 6.38. The van der Waals surface area contributed by atoms with E-state index in [4.69, 9.17) is 5.73 Å². The van der Waals surface area contributed by atoms with Gasteiger partial charge in [-0.15, -0.1) is 0 Å². The van der Waals surface area contributed by atoms with E-state index in [0.29, 0.717) is 25.8 Å². The third-order valence-electron chi connectivity index (χ3n) is 2.59. The smallest absolute Gasteiger partial charge is 0.312 e. The molecule has 0 rings (SSSR count). The molecule has 0 aromatic heterocycles. The quantitative estimate of drug-likeness (QED) is 0.505. The molecule has 0 spiro atoms. The van der Waals surface area contributed by atoms with Gasteiger partial charge in [0.1, 0.15) is 6.04 Å². The van der Waals surface area contributed by atoms with Gasteiger partial charge in [0.05, 0.1) is 6.10 Å². The molecule has 0 saturated carbocycles. The van der Waals surface area contributed by atoms with Crippen molar-refractivity contribution in [2.45, 2.75) is 52.2 Å². The fourth-order valence-corrected chi connectivity index (χ4v) is 1.56. The Morgan fingerprint density at radius 2 is 1.94 bits per heavy atom. The molecule has 0 aliphatic carbocycles. The van der Waals surface area contributed by atoms with Gasteiger partial charge in [-0.2, -0.15) is 0 Å². The van der Waals surface area contributed by atoms with Gasteiger partial charge in [-0.1, -0.05) is 20.8 Å². The fraction of sp³-hybridized carbons (Fsp3) is 0.833. The van der Waals surface area contributed by atoms with E-state index in [9.17, 15) is 14.7 Å². The van der Waals surface area contributed by atoms with Crippen molar-refractivity contribution >= 4 is 11.9 Å². The van der Waals surface area contributed by atoms with Gasteiger partial charge in [0, 0.05) is 6.54 Å². The topological polar surface area (TPSA) is 104 Å². The molecule has 6 nitrogen and oxygen atoms in total. The van der Waals surface area contributed by atoms with Gasteiger partial charge in [-0.3, -0.25) is 4.79 Å². The first-order chi connectivity index (χ1) is 8.36. The lowest BCUT2D eigenvalue weighted by molar-refractivity contribution is -0.123. The molecule has 0 saturated heterocycles. The molecule has 3 amide bonds. The first kappa shape index (κ1) is 16.7. The average Bonchev–Trinajstić information content (AvgIpc) is 2.26. The number of primary amides is 1. The third kappa shape index (κ3) is 7.89. The molecule has 2 unspecified atom stereocenters. The van der Waals surface area contributed by atoms with Crippen LogP contribution in [0.25, 0.3) is 0 Å². The predicted molar refractivity (Wildman–Crippen MR) is 69.9 cm³/mol. The van der Waals surface area contributed by atoms with Gasteiger partial charge in [0.15, 0.2) is 0 Å². The zero-order valence-corrected chi connectivity index (χ0v) is 11.4. The summed E-state index contributed by atoms with van der Waals surface area (Å²) in [6, 6.07) is -1.31. The lowest BCUT2D eigenvalue weighted by Gasteiger charge is -2.19. The Hall–Kier alpha value is -1.30. The van der Waals surface area contributed by atoms with Gasteiger partial charge in [-0.25, -0.2) is 4.79 Å². The number of nitrogens with one attached hydrogen (secondary N) is 2. The largest absolute Gasteiger partial charge is 0.393 e. The Bertz CT molecular complexity index is 269. The van der Waals surface area contributed by atoms with E-state index in [1.54, 1.807) is 0 Å². The number of amides is 3. The molecule has 18 heavy (non-hydrogen) atoms. The first-order valence-corrected chi connectivity index (χ1v) is 6.38. The maximum absolute atomic E-state index is 11.8. The predicted octanol–water partition coefficient (Wildman–Crippen LogP) is 0.347. The lowest BCUT2D eigenvalue weighted by atomic mass is 10.0. The molecular weight excluding hydrogens is 234 g/mol. The highest BCUT2D eigenvalue weighted by molar-refractivity contribution is 5.86. The molecule has 106 valence electrons. The van der Waals surface area contributed by atoms with E-state index in [1.165, 1.54) is 0 Å². The Balaban J connectivity index is 4.16. The van der Waals surface area contributed by atoms with Gasteiger partial charge in [0.25, 0.3) is 0 Å². The van der Waals surface area contributed by atoms with Crippen LogP contribution in [0.5, 0.6) is 0 Å². The number of hydrogen-bond acceptors (Lipinski definition) is 3. The Morgan fingerprint density at radius 1 is 1.33 bits per heavy atom. The highest BCUT2D eigenvalue weighted by atomic mass is 16.3. The zero-order chi connectivity index (χ0) is 14.1. The summed E-state index contributed by atoms with van der Waals surface area (Å²) in [5, 5.41) is 14.5. The highest BCUT2D eigenvalue weighted by Gasteiger charge is 2.20. The zero-order valence-electron chi connectivity index (χ0n) is 11.4. The van der Waals surface area contributed by atoms with Crippen molar-refractivity contribution < 1.29 is 14.7 Å². The van der Waals surface area contributed by atoms with E-state index in [-0.39, 0.29) is 11.8 Å². The molecular formula is C12H25N3O3. The van der Waals surface area contributed by atoms with Gasteiger partial charge in [0.2, 0.25) is 5.91 Å². The SMILES string of the molecule is CCC(O)CCNC(=O)C(CC(C)C)NC(N)=O. The van der Waals surface area contributed by atoms with Crippen molar-refractivity contribution in [3.05, 3.63) is 0 Å². The van der Waals surface area contributed by atoms with Gasteiger partial charge < -0.3 is 21.5 Å². The molecule has 6 heteroatoms. The van der Waals surface area contributed by atoms with Gasteiger partial charge in [-0.05, 0) is 25.2 Å². The second kappa shape index (κ2) is 8.74. The summed E-state index contributed by atoms with van der Waals surface area (Å²) in [5.74, 6) is 0.0136. The molecule has 2 atom stereocenters. The average molecular weight is 259 g/mol. The molecule has 0 aliphatic rings. The third-order valence-corrected chi connectivity index (χ3v) is 2.59. The Kier molecular flexibility index (Phi) is 8.11. The molecule has 0 aromatic rings. The number of rotatable bonds is 8. The molecule has 0 fully saturated rings. The maximum atomic E-state index is 11.8. The van der Waals surface area contributed by atoms with Crippen molar-refractivity contribution in [1.29, 1.82) is 0 Å². The summed E-state index contributed by atoms with van der Waals surface area (Å²) in [4.78, 5) is 22.6. The van der Waals surface area contributed by atoms with E-state index >= 15 is 0 Å². The standard InChI is InChI=1S/C12H25N3O3/c1-4-9(16)5-6-14-11(17)10(7-8(2)3)15-12(13)18/h8-10,16H,4-7H2,1-3H3,(H,14,17)(H3,13,15,18). The molecule has 0 aromatic carbocycles. The van der Waals surface area contributed by atoms with Crippen molar-refractivity contribution in [3.63, 3.8) is 0 Å². The number of carbonyl (C=O) groups is 2. The van der Waals surface area contributed by atoms with E-state index in [0.717, 1.165) is 0 Å². The lowest BCUT2D eigenvalue weighted by Crippen LogP contribution is -2.49. The Morgan fingerprint density at radius 3 is 2.39 bits per heavy atom. The van der Waals surface area contributed by atoms with Crippen LogP contribution in [0, 0.1) is 5.92 Å². The summed E-state index contributed by atoms with van der Waals surface area (Å²) in [7, 11) is 0. The normalized spacial score (nSPS) is 14.1. The second-order valence-electron chi connectivity index (χ2n) is 4.83. The molecule has 0 radical (unpaired) electrons. The van der Waals surface area contributed by atoms with E-state index in [1.807, 2.05) is 20.8 Å². The number of aliphatic hydroxyl groups is 1. The van der Waals surface area contributed by atoms with Crippen molar-refractivity contribution in [1.82, 2.24) is 10.6 Å². The van der Waals surface area contributed by atoms with Crippen LogP contribution in [0.4, 0.5) is 4.79 Å². The Labute approximate surface area is 108 Å². The summed E-state index contributed by atoms with van der Waals surface area (Å²) in [6.07, 6.45) is 1.29. The minimum atomic E-state index is -0.704. The van der Waals surface area contributed by atoms with Crippen LogP contribution < -0.4 is 16.4 Å². The van der Waals surface area contributed by atoms with Gasteiger partial charge >= 0.3 is 6.03 Å². The second-order valence-corrected chi connectivity index (χ2v) is 4.83. The monoisotopic (exact) mass is 259 g/mol.